The van der Waals surface area contributed by atoms with Crippen molar-refractivity contribution in [3.8, 4) is 5.75 Å². The second-order valence-electron chi connectivity index (χ2n) is 3.72. The Labute approximate surface area is 115 Å². The van der Waals surface area contributed by atoms with Crippen LogP contribution in [0.25, 0.3) is 0 Å². The minimum absolute atomic E-state index is 0.0671. The van der Waals surface area contributed by atoms with Gasteiger partial charge in [-0.05, 0) is 13.8 Å². The first-order chi connectivity index (χ1) is 9.38. The van der Waals surface area contributed by atoms with Crippen LogP contribution >= 0.6 is 11.8 Å². The van der Waals surface area contributed by atoms with Crippen LogP contribution in [0.5, 0.6) is 5.75 Å². The maximum absolute atomic E-state index is 13.6. The lowest BCUT2D eigenvalue weighted by atomic mass is 10.3. The summed E-state index contributed by atoms with van der Waals surface area (Å²) < 4.78 is 63.0. The summed E-state index contributed by atoms with van der Waals surface area (Å²) in [5.41, 5.74) is 0. The quantitative estimate of drug-likeness (QED) is 0.362. The number of rotatable bonds is 2. The highest BCUT2D eigenvalue weighted by atomic mass is 32.2. The van der Waals surface area contributed by atoms with Crippen molar-refractivity contribution >= 4 is 17.7 Å². The molecule has 0 N–H and O–H groups in total. The zero-order valence-corrected chi connectivity index (χ0v) is 11.2. The van der Waals surface area contributed by atoms with Gasteiger partial charge in [-0.15, -0.1) is 0 Å². The molecule has 108 valence electrons. The molecule has 3 nitrogen and oxygen atoms in total. The highest BCUT2D eigenvalue weighted by Gasteiger charge is 2.34. The van der Waals surface area contributed by atoms with Gasteiger partial charge in [-0.2, -0.15) is 4.39 Å². The number of carbonyl (C=O) groups is 1. The Bertz CT molecular complexity index is 628. The van der Waals surface area contributed by atoms with Crippen molar-refractivity contribution in [1.82, 2.24) is 0 Å². The number of fused-ring (bicyclic) bond motifs is 1. The Hall–Kier alpha value is -1.70. The SMILES string of the molecule is CCOC(=O)C1=C(C)Oc2c(F)c(F)c(F)c(F)c2S1. The number of hydrogen-bond donors (Lipinski definition) is 0. The summed E-state index contributed by atoms with van der Waals surface area (Å²) in [6.07, 6.45) is 0. The van der Waals surface area contributed by atoms with Crippen molar-refractivity contribution in [2.24, 2.45) is 0 Å². The zero-order valence-electron chi connectivity index (χ0n) is 10.4. The molecular formula is C12H8F4O3S. The molecule has 0 aromatic heterocycles. The third-order valence-electron chi connectivity index (χ3n) is 2.42. The van der Waals surface area contributed by atoms with Gasteiger partial charge in [0.25, 0.3) is 0 Å². The molecule has 1 aromatic carbocycles. The van der Waals surface area contributed by atoms with E-state index < -0.39 is 39.9 Å². The van der Waals surface area contributed by atoms with Crippen LogP contribution in [0, 0.1) is 23.3 Å². The number of esters is 1. The minimum atomic E-state index is -1.96. The normalized spacial score (nSPS) is 13.9. The van der Waals surface area contributed by atoms with Gasteiger partial charge in [-0.1, -0.05) is 11.8 Å². The number of ether oxygens (including phenoxy) is 2. The molecule has 2 rings (SSSR count). The van der Waals surface area contributed by atoms with Crippen LogP contribution in [0.15, 0.2) is 15.6 Å². The van der Waals surface area contributed by atoms with E-state index >= 15 is 0 Å². The number of hydrogen-bond acceptors (Lipinski definition) is 4. The predicted octanol–water partition coefficient (Wildman–Crippen LogP) is 3.52. The molecule has 0 aliphatic carbocycles. The van der Waals surface area contributed by atoms with E-state index in [0.29, 0.717) is 11.8 Å². The van der Waals surface area contributed by atoms with Crippen LogP contribution in [0.3, 0.4) is 0 Å². The van der Waals surface area contributed by atoms with Gasteiger partial charge in [0.05, 0.1) is 11.5 Å². The molecule has 1 aromatic rings. The van der Waals surface area contributed by atoms with E-state index in [2.05, 4.69) is 0 Å². The minimum Gasteiger partial charge on any atom is -0.462 e. The van der Waals surface area contributed by atoms with E-state index in [-0.39, 0.29) is 17.3 Å². The molecule has 0 fully saturated rings. The van der Waals surface area contributed by atoms with Crippen LogP contribution in [0.1, 0.15) is 13.8 Å². The summed E-state index contributed by atoms with van der Waals surface area (Å²) in [5.74, 6) is -8.85. The van der Waals surface area contributed by atoms with E-state index in [1.54, 1.807) is 6.92 Å². The van der Waals surface area contributed by atoms with Gasteiger partial charge in [0.2, 0.25) is 11.6 Å². The second kappa shape index (κ2) is 5.35. The van der Waals surface area contributed by atoms with Gasteiger partial charge in [0.15, 0.2) is 17.4 Å². The van der Waals surface area contributed by atoms with Crippen molar-refractivity contribution in [1.29, 1.82) is 0 Å². The van der Waals surface area contributed by atoms with Gasteiger partial charge >= 0.3 is 5.97 Å². The Kier molecular flexibility index (Phi) is 3.94. The van der Waals surface area contributed by atoms with Crippen LogP contribution in [-0.2, 0) is 9.53 Å². The molecule has 0 amide bonds. The van der Waals surface area contributed by atoms with Crippen molar-refractivity contribution in [2.75, 3.05) is 6.61 Å². The number of allylic oxidation sites excluding steroid dienone is 1. The van der Waals surface area contributed by atoms with Gasteiger partial charge in [-0.3, -0.25) is 0 Å². The molecule has 0 saturated carbocycles. The zero-order chi connectivity index (χ0) is 15.0. The highest BCUT2D eigenvalue weighted by Crippen LogP contribution is 2.46. The van der Waals surface area contributed by atoms with Crippen LogP contribution in [0.2, 0.25) is 0 Å². The largest absolute Gasteiger partial charge is 0.462 e. The second-order valence-corrected chi connectivity index (χ2v) is 4.74. The van der Waals surface area contributed by atoms with E-state index in [9.17, 15) is 22.4 Å². The first-order valence-corrected chi connectivity index (χ1v) is 6.29. The standard InChI is InChI=1S/C12H8F4O3S/c1-3-18-12(17)10-4(2)19-9-7(15)5(13)6(14)8(16)11(9)20-10/h3H2,1-2H3. The van der Waals surface area contributed by atoms with Crippen LogP contribution in [-0.4, -0.2) is 12.6 Å². The lowest BCUT2D eigenvalue weighted by Crippen LogP contribution is -2.15. The summed E-state index contributed by atoms with van der Waals surface area (Å²) in [4.78, 5) is 10.8. The van der Waals surface area contributed by atoms with E-state index in [4.69, 9.17) is 9.47 Å². The number of benzene rings is 1. The molecule has 1 aliphatic heterocycles. The Morgan fingerprint density at radius 3 is 2.35 bits per heavy atom. The van der Waals surface area contributed by atoms with E-state index in [1.807, 2.05) is 0 Å². The van der Waals surface area contributed by atoms with Crippen molar-refractivity contribution in [3.63, 3.8) is 0 Å². The highest BCUT2D eigenvalue weighted by molar-refractivity contribution is 8.04. The number of carbonyl (C=O) groups excluding carboxylic acids is 1. The van der Waals surface area contributed by atoms with Gasteiger partial charge in [0.1, 0.15) is 10.7 Å². The fourth-order valence-electron chi connectivity index (χ4n) is 1.53. The van der Waals surface area contributed by atoms with Gasteiger partial charge < -0.3 is 9.47 Å². The lowest BCUT2D eigenvalue weighted by Gasteiger charge is -2.21. The fraction of sp³-hybridized carbons (Fsp3) is 0.250. The molecular weight excluding hydrogens is 300 g/mol. The van der Waals surface area contributed by atoms with Crippen LogP contribution in [0.4, 0.5) is 17.6 Å². The number of halogens is 4. The monoisotopic (exact) mass is 308 g/mol. The first kappa shape index (κ1) is 14.7. The third kappa shape index (κ3) is 2.24. The summed E-state index contributed by atoms with van der Waals surface area (Å²) in [6.45, 7) is 2.93. The van der Waals surface area contributed by atoms with Crippen molar-refractivity contribution in [3.05, 3.63) is 33.9 Å². The Morgan fingerprint density at radius 2 is 1.75 bits per heavy atom. The van der Waals surface area contributed by atoms with Crippen molar-refractivity contribution in [2.45, 2.75) is 18.7 Å². The molecule has 0 spiro atoms. The molecule has 0 radical (unpaired) electrons. The summed E-state index contributed by atoms with van der Waals surface area (Å²) in [7, 11) is 0. The number of thioether (sulfide) groups is 1. The third-order valence-corrected chi connectivity index (χ3v) is 3.65. The molecule has 0 atom stereocenters. The fourth-order valence-corrected chi connectivity index (χ4v) is 2.46. The Balaban J connectivity index is 2.52. The Morgan fingerprint density at radius 1 is 1.15 bits per heavy atom. The molecule has 0 saturated heterocycles. The summed E-state index contributed by atoms with van der Waals surface area (Å²) >= 11 is 0.435. The molecule has 8 heteroatoms. The van der Waals surface area contributed by atoms with E-state index in [0.717, 1.165) is 0 Å². The first-order valence-electron chi connectivity index (χ1n) is 5.48. The lowest BCUT2D eigenvalue weighted by molar-refractivity contribution is -0.137. The average Bonchev–Trinajstić information content (AvgIpc) is 2.42. The molecule has 0 unspecified atom stereocenters. The maximum atomic E-state index is 13.6. The van der Waals surface area contributed by atoms with Crippen molar-refractivity contribution < 1.29 is 31.8 Å². The topological polar surface area (TPSA) is 35.5 Å². The predicted molar refractivity (Wildman–Crippen MR) is 62.1 cm³/mol. The summed E-state index contributed by atoms with van der Waals surface area (Å²) in [5, 5.41) is 0. The average molecular weight is 308 g/mol. The summed E-state index contributed by atoms with van der Waals surface area (Å²) in [6, 6.07) is 0. The molecule has 1 heterocycles. The maximum Gasteiger partial charge on any atom is 0.348 e. The molecule has 20 heavy (non-hydrogen) atoms. The van der Waals surface area contributed by atoms with Gasteiger partial charge in [-0.25, -0.2) is 18.0 Å². The van der Waals surface area contributed by atoms with Crippen LogP contribution < -0.4 is 4.74 Å². The smallest absolute Gasteiger partial charge is 0.348 e. The molecule has 1 aliphatic rings. The molecule has 0 bridgehead atoms. The van der Waals surface area contributed by atoms with E-state index in [1.165, 1.54) is 6.92 Å². The van der Waals surface area contributed by atoms with Gasteiger partial charge in [0, 0.05) is 0 Å².